The molecule has 1 amide bonds. The molecule has 3 rings (SSSR count). The van der Waals surface area contributed by atoms with E-state index in [-0.39, 0.29) is 36.6 Å². The van der Waals surface area contributed by atoms with Crippen LogP contribution < -0.4 is 20.5 Å². The van der Waals surface area contributed by atoms with Crippen LogP contribution >= 0.6 is 24.8 Å². The molecule has 2 atom stereocenters. The maximum Gasteiger partial charge on any atom is 0.223 e. The SMILES string of the molecule is CCOc1ccccc1Oc1ccc(CNC(=O)[C@@H]2CCC[C@@H]2CN)cn1.Cl.Cl. The lowest BCUT2D eigenvalue weighted by Gasteiger charge is -2.17. The molecule has 6 nitrogen and oxygen atoms in total. The van der Waals surface area contributed by atoms with E-state index < -0.39 is 0 Å². The van der Waals surface area contributed by atoms with Crippen LogP contribution in [0.4, 0.5) is 0 Å². The first-order chi connectivity index (χ1) is 13.2. The second-order valence-electron chi connectivity index (χ2n) is 6.74. The zero-order valence-electron chi connectivity index (χ0n) is 16.5. The highest BCUT2D eigenvalue weighted by atomic mass is 35.5. The molecule has 2 aromatic rings. The summed E-state index contributed by atoms with van der Waals surface area (Å²) in [5.74, 6) is 2.24. The number of benzene rings is 1. The minimum absolute atomic E-state index is 0. The molecule has 3 N–H and O–H groups in total. The lowest BCUT2D eigenvalue weighted by molar-refractivity contribution is -0.126. The summed E-state index contributed by atoms with van der Waals surface area (Å²) in [6.45, 7) is 3.53. The maximum absolute atomic E-state index is 12.4. The van der Waals surface area contributed by atoms with Crippen LogP contribution in [0.1, 0.15) is 31.7 Å². The van der Waals surface area contributed by atoms with Gasteiger partial charge in [0.2, 0.25) is 11.8 Å². The van der Waals surface area contributed by atoms with Gasteiger partial charge in [0.05, 0.1) is 6.61 Å². The van der Waals surface area contributed by atoms with E-state index in [1.54, 1.807) is 12.3 Å². The molecule has 1 aromatic carbocycles. The van der Waals surface area contributed by atoms with E-state index in [0.29, 0.717) is 43.0 Å². The molecule has 0 aliphatic heterocycles. The average molecular weight is 442 g/mol. The Morgan fingerprint density at radius 2 is 1.93 bits per heavy atom. The fourth-order valence-electron chi connectivity index (χ4n) is 3.48. The van der Waals surface area contributed by atoms with Crippen molar-refractivity contribution in [3.05, 3.63) is 48.2 Å². The zero-order valence-corrected chi connectivity index (χ0v) is 18.1. The molecule has 0 unspecified atom stereocenters. The quantitative estimate of drug-likeness (QED) is 0.643. The standard InChI is InChI=1S/C21H27N3O3.2ClH/c1-2-26-18-8-3-4-9-19(18)27-20-11-10-15(13-23-20)14-24-21(25)17-7-5-6-16(17)12-22;;/h3-4,8-11,13,16-17H,2,5-7,12,14,22H2,1H3,(H,24,25);2*1H/t16-,17-;;/m1../s1. The third-order valence-corrected chi connectivity index (χ3v) is 4.93. The highest BCUT2D eigenvalue weighted by Gasteiger charge is 2.31. The topological polar surface area (TPSA) is 86.5 Å². The molecular formula is C21H29Cl2N3O3. The van der Waals surface area contributed by atoms with Gasteiger partial charge in [-0.2, -0.15) is 0 Å². The van der Waals surface area contributed by atoms with E-state index in [4.69, 9.17) is 15.2 Å². The van der Waals surface area contributed by atoms with Crippen LogP contribution in [0.15, 0.2) is 42.6 Å². The van der Waals surface area contributed by atoms with E-state index >= 15 is 0 Å². The normalized spacial score (nSPS) is 17.6. The molecule has 1 aliphatic rings. The summed E-state index contributed by atoms with van der Waals surface area (Å²) in [4.78, 5) is 16.7. The largest absolute Gasteiger partial charge is 0.490 e. The zero-order chi connectivity index (χ0) is 19.1. The van der Waals surface area contributed by atoms with Crippen molar-refractivity contribution in [2.45, 2.75) is 32.7 Å². The van der Waals surface area contributed by atoms with Crippen molar-refractivity contribution >= 4 is 30.7 Å². The number of hydrogen-bond donors (Lipinski definition) is 2. The predicted octanol–water partition coefficient (Wildman–Crippen LogP) is 4.11. The number of amides is 1. The number of pyridine rings is 1. The Balaban J connectivity index is 0.00000210. The van der Waals surface area contributed by atoms with Crippen LogP contribution in [0.2, 0.25) is 0 Å². The lowest BCUT2D eigenvalue weighted by atomic mass is 9.95. The monoisotopic (exact) mass is 441 g/mol. The number of halogens is 2. The van der Waals surface area contributed by atoms with Gasteiger partial charge in [0, 0.05) is 24.7 Å². The molecule has 160 valence electrons. The van der Waals surface area contributed by atoms with Crippen LogP contribution in [-0.2, 0) is 11.3 Å². The van der Waals surface area contributed by atoms with Crippen LogP contribution in [0.5, 0.6) is 17.4 Å². The Morgan fingerprint density at radius 3 is 2.59 bits per heavy atom. The molecule has 1 aromatic heterocycles. The van der Waals surface area contributed by atoms with Gasteiger partial charge in [-0.1, -0.05) is 24.6 Å². The molecule has 0 bridgehead atoms. The summed E-state index contributed by atoms with van der Waals surface area (Å²) in [7, 11) is 0. The van der Waals surface area contributed by atoms with Crippen molar-refractivity contribution in [3.8, 4) is 17.4 Å². The smallest absolute Gasteiger partial charge is 0.223 e. The van der Waals surface area contributed by atoms with Gasteiger partial charge in [-0.15, -0.1) is 24.8 Å². The van der Waals surface area contributed by atoms with Gasteiger partial charge >= 0.3 is 0 Å². The molecule has 8 heteroatoms. The molecule has 1 fully saturated rings. The third kappa shape index (κ3) is 6.77. The number of para-hydroxylation sites is 2. The second-order valence-corrected chi connectivity index (χ2v) is 6.74. The molecular weight excluding hydrogens is 413 g/mol. The van der Waals surface area contributed by atoms with Gasteiger partial charge in [-0.3, -0.25) is 4.79 Å². The number of carbonyl (C=O) groups excluding carboxylic acids is 1. The van der Waals surface area contributed by atoms with Crippen molar-refractivity contribution in [1.29, 1.82) is 0 Å². The molecule has 0 radical (unpaired) electrons. The van der Waals surface area contributed by atoms with E-state index in [2.05, 4.69) is 10.3 Å². The summed E-state index contributed by atoms with van der Waals surface area (Å²) < 4.78 is 11.4. The Kier molecular flexibility index (Phi) is 10.8. The van der Waals surface area contributed by atoms with Crippen molar-refractivity contribution < 1.29 is 14.3 Å². The van der Waals surface area contributed by atoms with E-state index in [0.717, 1.165) is 24.8 Å². The lowest BCUT2D eigenvalue weighted by Crippen LogP contribution is -2.34. The number of rotatable bonds is 8. The number of nitrogens with one attached hydrogen (secondary N) is 1. The summed E-state index contributed by atoms with van der Waals surface area (Å²) in [5, 5.41) is 3.00. The van der Waals surface area contributed by atoms with Gasteiger partial charge in [-0.25, -0.2) is 4.98 Å². The van der Waals surface area contributed by atoms with E-state index in [1.807, 2.05) is 37.3 Å². The minimum atomic E-state index is 0. The van der Waals surface area contributed by atoms with Gasteiger partial charge < -0.3 is 20.5 Å². The fraction of sp³-hybridized carbons (Fsp3) is 0.429. The summed E-state index contributed by atoms with van der Waals surface area (Å²) in [5.41, 5.74) is 6.69. The van der Waals surface area contributed by atoms with E-state index in [1.165, 1.54) is 0 Å². The van der Waals surface area contributed by atoms with E-state index in [9.17, 15) is 4.79 Å². The first kappa shape index (κ1) is 25.0. The molecule has 29 heavy (non-hydrogen) atoms. The highest BCUT2D eigenvalue weighted by molar-refractivity contribution is 5.85. The molecule has 0 saturated heterocycles. The number of hydrogen-bond acceptors (Lipinski definition) is 5. The van der Waals surface area contributed by atoms with Gasteiger partial charge in [0.15, 0.2) is 11.5 Å². The van der Waals surface area contributed by atoms with Crippen LogP contribution in [0.25, 0.3) is 0 Å². The van der Waals surface area contributed by atoms with Crippen molar-refractivity contribution in [2.24, 2.45) is 17.6 Å². The maximum atomic E-state index is 12.4. The summed E-state index contributed by atoms with van der Waals surface area (Å²) in [6, 6.07) is 11.2. The molecule has 0 spiro atoms. The van der Waals surface area contributed by atoms with Crippen LogP contribution in [-0.4, -0.2) is 24.0 Å². The second kappa shape index (κ2) is 12.5. The molecule has 1 heterocycles. The number of carbonyl (C=O) groups is 1. The van der Waals surface area contributed by atoms with Crippen molar-refractivity contribution in [1.82, 2.24) is 10.3 Å². The molecule has 1 aliphatic carbocycles. The Hall–Kier alpha value is -2.02. The number of nitrogens with zero attached hydrogens (tertiary/aromatic N) is 1. The fourth-order valence-corrected chi connectivity index (χ4v) is 3.48. The van der Waals surface area contributed by atoms with Crippen LogP contribution in [0, 0.1) is 11.8 Å². The average Bonchev–Trinajstić information content (AvgIpc) is 3.18. The Bertz CT molecular complexity index is 759. The Labute approximate surface area is 184 Å². The first-order valence-electron chi connectivity index (χ1n) is 9.53. The van der Waals surface area contributed by atoms with Crippen LogP contribution in [0.3, 0.4) is 0 Å². The van der Waals surface area contributed by atoms with Crippen molar-refractivity contribution in [2.75, 3.05) is 13.2 Å². The third-order valence-electron chi connectivity index (χ3n) is 4.93. The highest BCUT2D eigenvalue weighted by Crippen LogP contribution is 2.31. The van der Waals surface area contributed by atoms with Gasteiger partial charge in [0.1, 0.15) is 0 Å². The number of aromatic nitrogens is 1. The van der Waals surface area contributed by atoms with Gasteiger partial charge in [-0.05, 0) is 49.9 Å². The predicted molar refractivity (Wildman–Crippen MR) is 118 cm³/mol. The number of nitrogens with two attached hydrogens (primary N) is 1. The summed E-state index contributed by atoms with van der Waals surface area (Å²) >= 11 is 0. The number of ether oxygens (including phenoxy) is 2. The minimum Gasteiger partial charge on any atom is -0.490 e. The van der Waals surface area contributed by atoms with Gasteiger partial charge in [0.25, 0.3) is 0 Å². The van der Waals surface area contributed by atoms with Crippen molar-refractivity contribution in [3.63, 3.8) is 0 Å². The molecule has 1 saturated carbocycles. The Morgan fingerprint density at radius 1 is 1.17 bits per heavy atom. The first-order valence-corrected chi connectivity index (χ1v) is 9.53. The summed E-state index contributed by atoms with van der Waals surface area (Å²) in [6.07, 6.45) is 4.77.